The Morgan fingerprint density at radius 3 is 2.45 bits per heavy atom. The molecule has 0 radical (unpaired) electrons. The highest BCUT2D eigenvalue weighted by atomic mass is 35.5. The Labute approximate surface area is 127 Å². The van der Waals surface area contributed by atoms with Crippen LogP contribution in [0.25, 0.3) is 0 Å². The zero-order valence-corrected chi connectivity index (χ0v) is 14.0. The van der Waals surface area contributed by atoms with Crippen LogP contribution in [0.3, 0.4) is 0 Å². The molecule has 0 fully saturated rings. The smallest absolute Gasteiger partial charge is 0.241 e. The van der Waals surface area contributed by atoms with Crippen LogP contribution in [0.2, 0.25) is 5.02 Å². The van der Waals surface area contributed by atoms with Crippen LogP contribution in [0.4, 0.5) is 0 Å². The van der Waals surface area contributed by atoms with Crippen LogP contribution >= 0.6 is 11.6 Å². The molecule has 0 aliphatic heterocycles. The fourth-order valence-corrected chi connectivity index (χ4v) is 3.37. The number of hydrogen-bond donors (Lipinski definition) is 2. The zero-order valence-electron chi connectivity index (χ0n) is 12.5. The molecule has 1 rings (SSSR count). The molecule has 2 N–H and O–H groups in total. The minimum Gasteiger partial charge on any atom is -0.313 e. The Kier molecular flexibility index (Phi) is 6.01. The Balaban J connectivity index is 2.99. The molecule has 1 aromatic rings. The third kappa shape index (κ3) is 5.40. The van der Waals surface area contributed by atoms with Crippen LogP contribution in [-0.2, 0) is 16.6 Å². The second kappa shape index (κ2) is 6.89. The van der Waals surface area contributed by atoms with Crippen molar-refractivity contribution in [3.8, 4) is 0 Å². The maximum absolute atomic E-state index is 12.3. The van der Waals surface area contributed by atoms with Gasteiger partial charge in [0.05, 0.1) is 4.90 Å². The average molecular weight is 319 g/mol. The maximum atomic E-state index is 12.3. The lowest BCUT2D eigenvalue weighted by molar-refractivity contribution is 0.491. The van der Waals surface area contributed by atoms with Gasteiger partial charge in [-0.15, -0.1) is 0 Å². The predicted octanol–water partition coefficient (Wildman–Crippen LogP) is 2.92. The number of benzene rings is 1. The standard InChI is InChI=1S/C14H23ClN2O2S/c1-5-8-16-10-11-9-12(6-7-13(11)15)20(18,19)17-14(2,3)4/h6-7,9,16-17H,5,8,10H2,1-4H3. The van der Waals surface area contributed by atoms with Gasteiger partial charge in [-0.2, -0.15) is 0 Å². The highest BCUT2D eigenvalue weighted by Crippen LogP contribution is 2.21. The van der Waals surface area contributed by atoms with Gasteiger partial charge in [-0.25, -0.2) is 13.1 Å². The van der Waals surface area contributed by atoms with Crippen molar-refractivity contribution < 1.29 is 8.42 Å². The highest BCUT2D eigenvalue weighted by molar-refractivity contribution is 7.89. The molecule has 0 heterocycles. The molecule has 6 heteroatoms. The van der Waals surface area contributed by atoms with Gasteiger partial charge in [0, 0.05) is 17.1 Å². The van der Waals surface area contributed by atoms with E-state index in [2.05, 4.69) is 17.0 Å². The molecule has 0 bridgehead atoms. The Morgan fingerprint density at radius 1 is 1.25 bits per heavy atom. The molecule has 0 aliphatic rings. The lowest BCUT2D eigenvalue weighted by Crippen LogP contribution is -2.40. The van der Waals surface area contributed by atoms with Gasteiger partial charge in [0.2, 0.25) is 10.0 Å². The third-order valence-corrected chi connectivity index (χ3v) is 4.63. The third-order valence-electron chi connectivity index (χ3n) is 2.51. The van der Waals surface area contributed by atoms with Gasteiger partial charge in [-0.1, -0.05) is 18.5 Å². The molecule has 0 saturated heterocycles. The van der Waals surface area contributed by atoms with E-state index in [-0.39, 0.29) is 4.90 Å². The summed E-state index contributed by atoms with van der Waals surface area (Å²) in [4.78, 5) is 0.241. The zero-order chi connectivity index (χ0) is 15.4. The van der Waals surface area contributed by atoms with E-state index in [4.69, 9.17) is 11.6 Å². The molecule has 0 spiro atoms. The van der Waals surface area contributed by atoms with Crippen molar-refractivity contribution in [2.75, 3.05) is 6.54 Å². The van der Waals surface area contributed by atoms with Gasteiger partial charge in [0.1, 0.15) is 0 Å². The van der Waals surface area contributed by atoms with E-state index in [1.165, 1.54) is 6.07 Å². The fourth-order valence-electron chi connectivity index (χ4n) is 1.72. The van der Waals surface area contributed by atoms with Gasteiger partial charge in [-0.05, 0) is 57.5 Å². The minimum atomic E-state index is -3.52. The lowest BCUT2D eigenvalue weighted by Gasteiger charge is -2.20. The monoisotopic (exact) mass is 318 g/mol. The second-order valence-electron chi connectivity index (χ2n) is 5.79. The van der Waals surface area contributed by atoms with Crippen molar-refractivity contribution in [1.82, 2.24) is 10.0 Å². The Bertz CT molecular complexity index is 551. The first kappa shape index (κ1) is 17.4. The first-order chi connectivity index (χ1) is 9.15. The van der Waals surface area contributed by atoms with E-state index >= 15 is 0 Å². The summed E-state index contributed by atoms with van der Waals surface area (Å²) in [6.45, 7) is 8.93. The molecule has 0 aliphatic carbocycles. The van der Waals surface area contributed by atoms with E-state index in [0.29, 0.717) is 11.6 Å². The number of halogens is 1. The summed E-state index contributed by atoms with van der Waals surface area (Å²) in [5, 5.41) is 3.79. The van der Waals surface area contributed by atoms with Crippen molar-refractivity contribution >= 4 is 21.6 Å². The Morgan fingerprint density at radius 2 is 1.90 bits per heavy atom. The van der Waals surface area contributed by atoms with Crippen LogP contribution in [0.1, 0.15) is 39.7 Å². The number of nitrogens with one attached hydrogen (secondary N) is 2. The lowest BCUT2D eigenvalue weighted by atomic mass is 10.1. The summed E-state index contributed by atoms with van der Waals surface area (Å²) in [6.07, 6.45) is 1.02. The minimum absolute atomic E-state index is 0.241. The predicted molar refractivity (Wildman–Crippen MR) is 83.5 cm³/mol. The van der Waals surface area contributed by atoms with Gasteiger partial charge in [0.25, 0.3) is 0 Å². The second-order valence-corrected chi connectivity index (χ2v) is 7.88. The molecule has 20 heavy (non-hydrogen) atoms. The summed E-state index contributed by atoms with van der Waals surface area (Å²) in [5.41, 5.74) is 0.274. The van der Waals surface area contributed by atoms with E-state index in [1.54, 1.807) is 12.1 Å². The fraction of sp³-hybridized carbons (Fsp3) is 0.571. The van der Waals surface area contributed by atoms with Crippen molar-refractivity contribution in [3.05, 3.63) is 28.8 Å². The molecule has 1 aromatic carbocycles. The molecule has 0 saturated carbocycles. The molecule has 114 valence electrons. The molecular formula is C14H23ClN2O2S. The van der Waals surface area contributed by atoms with Gasteiger partial charge in [0.15, 0.2) is 0 Å². The summed E-state index contributed by atoms with van der Waals surface area (Å²) >= 11 is 6.10. The molecule has 0 unspecified atom stereocenters. The van der Waals surface area contributed by atoms with E-state index in [9.17, 15) is 8.42 Å². The SMILES string of the molecule is CCCNCc1cc(S(=O)(=O)NC(C)(C)C)ccc1Cl. The number of rotatable bonds is 6. The largest absolute Gasteiger partial charge is 0.313 e. The normalized spacial score (nSPS) is 12.7. The molecule has 0 aromatic heterocycles. The molecular weight excluding hydrogens is 296 g/mol. The van der Waals surface area contributed by atoms with Crippen LogP contribution in [0, 0.1) is 0 Å². The van der Waals surface area contributed by atoms with Crippen LogP contribution in [-0.4, -0.2) is 20.5 Å². The molecule has 0 amide bonds. The van der Waals surface area contributed by atoms with Crippen LogP contribution < -0.4 is 10.0 Å². The molecule has 4 nitrogen and oxygen atoms in total. The van der Waals surface area contributed by atoms with Crippen molar-refractivity contribution in [2.45, 2.75) is 51.1 Å². The maximum Gasteiger partial charge on any atom is 0.241 e. The van der Waals surface area contributed by atoms with E-state index in [1.807, 2.05) is 20.8 Å². The van der Waals surface area contributed by atoms with Gasteiger partial charge < -0.3 is 5.32 Å². The average Bonchev–Trinajstić information content (AvgIpc) is 2.28. The summed E-state index contributed by atoms with van der Waals surface area (Å²) in [6, 6.07) is 4.78. The highest BCUT2D eigenvalue weighted by Gasteiger charge is 2.22. The quantitative estimate of drug-likeness (QED) is 0.793. The van der Waals surface area contributed by atoms with E-state index < -0.39 is 15.6 Å². The van der Waals surface area contributed by atoms with Crippen LogP contribution in [0.15, 0.2) is 23.1 Å². The first-order valence-corrected chi connectivity index (χ1v) is 8.55. The van der Waals surface area contributed by atoms with Gasteiger partial charge in [-0.3, -0.25) is 0 Å². The van der Waals surface area contributed by atoms with Crippen molar-refractivity contribution in [1.29, 1.82) is 0 Å². The first-order valence-electron chi connectivity index (χ1n) is 6.69. The Hall–Kier alpha value is -0.620. The van der Waals surface area contributed by atoms with Crippen molar-refractivity contribution in [2.24, 2.45) is 0 Å². The number of sulfonamides is 1. The van der Waals surface area contributed by atoms with Crippen molar-refractivity contribution in [3.63, 3.8) is 0 Å². The number of hydrogen-bond acceptors (Lipinski definition) is 3. The van der Waals surface area contributed by atoms with Gasteiger partial charge >= 0.3 is 0 Å². The summed E-state index contributed by atoms with van der Waals surface area (Å²) in [5.74, 6) is 0. The molecule has 0 atom stereocenters. The topological polar surface area (TPSA) is 58.2 Å². The summed E-state index contributed by atoms with van der Waals surface area (Å²) in [7, 11) is -3.52. The van der Waals surface area contributed by atoms with E-state index in [0.717, 1.165) is 18.5 Å². The van der Waals surface area contributed by atoms with Crippen LogP contribution in [0.5, 0.6) is 0 Å². The summed E-state index contributed by atoms with van der Waals surface area (Å²) < 4.78 is 27.2.